The molecule has 4 rings (SSSR count). The summed E-state index contributed by atoms with van der Waals surface area (Å²) in [5.74, 6) is 0. The molecule has 26 heavy (non-hydrogen) atoms. The maximum Gasteiger partial charge on any atom is 0.343 e. The van der Waals surface area contributed by atoms with Crippen LogP contribution in [-0.4, -0.2) is 35.0 Å². The smallest absolute Gasteiger partial charge is 0.343 e. The van der Waals surface area contributed by atoms with Gasteiger partial charge >= 0.3 is 5.16 Å². The zero-order valence-electron chi connectivity index (χ0n) is 13.6. The molecule has 0 aliphatic carbocycles. The number of para-hydroxylation sites is 1. The van der Waals surface area contributed by atoms with Crippen molar-refractivity contribution in [2.24, 2.45) is 0 Å². The summed E-state index contributed by atoms with van der Waals surface area (Å²) in [4.78, 5) is 25.9. The second-order valence-corrected chi connectivity index (χ2v) is 7.68. The topological polar surface area (TPSA) is 88.1 Å². The molecule has 0 bridgehead atoms. The molecule has 1 aromatic carbocycles. The van der Waals surface area contributed by atoms with Crippen molar-refractivity contribution in [2.75, 3.05) is 6.26 Å². The van der Waals surface area contributed by atoms with E-state index in [0.717, 1.165) is 0 Å². The fraction of sp³-hybridized carbons (Fsp3) is 0.125. The lowest BCUT2D eigenvalue weighted by Crippen LogP contribution is -2.27. The van der Waals surface area contributed by atoms with Crippen molar-refractivity contribution in [3.8, 4) is 5.69 Å². The lowest BCUT2D eigenvalue weighted by atomic mass is 10.3. The molecule has 1 unspecified atom stereocenters. The summed E-state index contributed by atoms with van der Waals surface area (Å²) >= 11 is 11.3. The van der Waals surface area contributed by atoms with Gasteiger partial charge in [-0.2, -0.15) is 9.97 Å². The van der Waals surface area contributed by atoms with E-state index in [1.807, 2.05) is 0 Å². The van der Waals surface area contributed by atoms with Gasteiger partial charge in [0, 0.05) is 17.4 Å². The fourth-order valence-corrected chi connectivity index (χ4v) is 3.75. The molecular formula is C16H11Cl2N5O2S. The number of rotatable bonds is 2. The molecule has 1 atom stereocenters. The second kappa shape index (κ2) is 6.24. The lowest BCUT2D eigenvalue weighted by molar-refractivity contribution is 0.592. The molecule has 0 aliphatic heterocycles. The van der Waals surface area contributed by atoms with E-state index in [9.17, 15) is 9.35 Å². The van der Waals surface area contributed by atoms with E-state index in [-0.39, 0.29) is 10.5 Å². The van der Waals surface area contributed by atoms with Crippen LogP contribution in [-0.2, 0) is 11.2 Å². The molecule has 0 aliphatic rings. The number of halogens is 2. The van der Waals surface area contributed by atoms with Crippen LogP contribution >= 0.6 is 23.2 Å². The Kier molecular flexibility index (Phi) is 4.15. The molecule has 0 spiro atoms. The van der Waals surface area contributed by atoms with Gasteiger partial charge in [-0.3, -0.25) is 4.79 Å². The van der Waals surface area contributed by atoms with Crippen molar-refractivity contribution < 1.29 is 4.55 Å². The number of benzene rings is 1. The van der Waals surface area contributed by atoms with Crippen molar-refractivity contribution in [2.45, 2.75) is 12.1 Å². The normalized spacial score (nSPS) is 12.8. The Morgan fingerprint density at radius 3 is 2.50 bits per heavy atom. The first-order valence-corrected chi connectivity index (χ1v) is 9.75. The van der Waals surface area contributed by atoms with Crippen LogP contribution < -0.4 is 5.56 Å². The first-order chi connectivity index (χ1) is 12.4. The number of hydrogen-bond donors (Lipinski definition) is 0. The predicted octanol–water partition coefficient (Wildman–Crippen LogP) is 2.78. The van der Waals surface area contributed by atoms with Crippen LogP contribution in [0.3, 0.4) is 0 Å². The molecule has 0 radical (unpaired) electrons. The van der Waals surface area contributed by atoms with Gasteiger partial charge in [-0.15, -0.1) is 0 Å². The van der Waals surface area contributed by atoms with Gasteiger partial charge in [0.25, 0.3) is 5.56 Å². The third-order valence-electron chi connectivity index (χ3n) is 3.92. The van der Waals surface area contributed by atoms with E-state index in [4.69, 9.17) is 23.2 Å². The minimum absolute atomic E-state index is 0.132. The summed E-state index contributed by atoms with van der Waals surface area (Å²) in [6.07, 6.45) is 4.44. The van der Waals surface area contributed by atoms with Crippen LogP contribution in [0.1, 0.15) is 5.69 Å². The number of fused-ring (bicyclic) bond motifs is 3. The average Bonchev–Trinajstić information content (AvgIpc) is 2.98. The lowest BCUT2D eigenvalue weighted by Gasteiger charge is -2.15. The summed E-state index contributed by atoms with van der Waals surface area (Å²) in [5.41, 5.74) is 1.37. The quantitative estimate of drug-likeness (QED) is 0.376. The van der Waals surface area contributed by atoms with Gasteiger partial charge in [0.15, 0.2) is 5.65 Å². The van der Waals surface area contributed by atoms with E-state index in [1.54, 1.807) is 35.8 Å². The van der Waals surface area contributed by atoms with E-state index in [1.165, 1.54) is 17.1 Å². The first-order valence-electron chi connectivity index (χ1n) is 7.44. The Morgan fingerprint density at radius 1 is 1.15 bits per heavy atom. The molecule has 0 saturated heterocycles. The maximum atomic E-state index is 13.2. The fourth-order valence-electron chi connectivity index (χ4n) is 2.77. The zero-order valence-corrected chi connectivity index (χ0v) is 15.9. The number of aromatic nitrogens is 5. The highest BCUT2D eigenvalue weighted by Gasteiger charge is 2.21. The highest BCUT2D eigenvalue weighted by atomic mass is 35.5. The van der Waals surface area contributed by atoms with E-state index in [2.05, 4.69) is 15.0 Å². The number of aryl methyl sites for hydroxylation is 1. The standard InChI is InChI=1S/C16H11Cl2N5O2S/c1-8-6-19-14-12-9(7-20-16(21-12)26(2)25)15(24)23(22(8)14)13-10(17)4-3-5-11(13)18/h3-7H,1-2H3. The minimum atomic E-state index is -1.39. The summed E-state index contributed by atoms with van der Waals surface area (Å²) in [6.45, 7) is 1.80. The third-order valence-corrected chi connectivity index (χ3v) is 5.24. The van der Waals surface area contributed by atoms with Gasteiger partial charge in [0.05, 0.1) is 27.3 Å². The van der Waals surface area contributed by atoms with Crippen LogP contribution in [0.4, 0.5) is 0 Å². The molecule has 0 amide bonds. The Labute approximate surface area is 160 Å². The summed E-state index contributed by atoms with van der Waals surface area (Å²) in [7, 11) is 0. The van der Waals surface area contributed by atoms with Gasteiger partial charge in [-0.05, 0) is 19.1 Å². The predicted molar refractivity (Wildman–Crippen MR) is 101 cm³/mol. The van der Waals surface area contributed by atoms with Gasteiger partial charge < -0.3 is 4.55 Å². The average molecular weight is 408 g/mol. The summed E-state index contributed by atoms with van der Waals surface area (Å²) in [6, 6.07) is 5.00. The molecule has 0 fully saturated rings. The molecule has 0 saturated carbocycles. The Hall–Kier alpha value is -2.13. The maximum absolute atomic E-state index is 13.2. The molecule has 3 heterocycles. The van der Waals surface area contributed by atoms with Gasteiger partial charge in [0.2, 0.25) is 0 Å². The van der Waals surface area contributed by atoms with Crippen LogP contribution in [0.25, 0.3) is 22.2 Å². The Bertz CT molecular complexity index is 1210. The second-order valence-electron chi connectivity index (χ2n) is 5.59. The molecule has 7 nitrogen and oxygen atoms in total. The minimum Gasteiger partial charge on any atom is -0.609 e. The SMILES string of the molecule is Cc1cnc2c3nc([S+](C)[O-])ncc3c(=O)n(-c3c(Cl)cccc3Cl)n12. The zero-order chi connectivity index (χ0) is 18.6. The van der Waals surface area contributed by atoms with E-state index >= 15 is 0 Å². The van der Waals surface area contributed by atoms with Crippen molar-refractivity contribution in [3.63, 3.8) is 0 Å². The number of nitrogens with zero attached hydrogens (tertiary/aromatic N) is 5. The van der Waals surface area contributed by atoms with Gasteiger partial charge in [0.1, 0.15) is 17.5 Å². The largest absolute Gasteiger partial charge is 0.609 e. The van der Waals surface area contributed by atoms with Crippen LogP contribution in [0.2, 0.25) is 10.0 Å². The number of imidazole rings is 1. The Balaban J connectivity index is 2.24. The summed E-state index contributed by atoms with van der Waals surface area (Å²) < 4.78 is 14.7. The van der Waals surface area contributed by atoms with E-state index in [0.29, 0.717) is 32.6 Å². The number of hydrogen-bond acceptors (Lipinski definition) is 5. The van der Waals surface area contributed by atoms with E-state index < -0.39 is 16.7 Å². The third kappa shape index (κ3) is 2.49. The van der Waals surface area contributed by atoms with Crippen LogP contribution in [0, 0.1) is 6.92 Å². The summed E-state index contributed by atoms with van der Waals surface area (Å²) in [5, 5.41) is 1.00. The molecule has 0 N–H and O–H groups in total. The van der Waals surface area contributed by atoms with Crippen molar-refractivity contribution in [1.29, 1.82) is 0 Å². The first kappa shape index (κ1) is 17.3. The van der Waals surface area contributed by atoms with Crippen LogP contribution in [0.15, 0.2) is 40.5 Å². The van der Waals surface area contributed by atoms with Crippen LogP contribution in [0.5, 0.6) is 0 Å². The highest BCUT2D eigenvalue weighted by molar-refractivity contribution is 7.90. The monoisotopic (exact) mass is 407 g/mol. The van der Waals surface area contributed by atoms with Crippen molar-refractivity contribution in [3.05, 3.63) is 56.7 Å². The molecule has 4 aromatic rings. The van der Waals surface area contributed by atoms with Crippen molar-refractivity contribution >= 4 is 50.9 Å². The molecular weight excluding hydrogens is 397 g/mol. The van der Waals surface area contributed by atoms with Gasteiger partial charge in [-0.25, -0.2) is 14.2 Å². The highest BCUT2D eigenvalue weighted by Crippen LogP contribution is 2.29. The van der Waals surface area contributed by atoms with Gasteiger partial charge in [-0.1, -0.05) is 29.3 Å². The molecule has 3 aromatic heterocycles. The Morgan fingerprint density at radius 2 is 1.85 bits per heavy atom. The molecule has 132 valence electrons. The molecule has 10 heteroatoms. The van der Waals surface area contributed by atoms with Crippen molar-refractivity contribution in [1.82, 2.24) is 24.1 Å².